The zero-order valence-corrected chi connectivity index (χ0v) is 47.3. The number of nitrogens with one attached hydrogen (secondary N) is 6. The maximum atomic E-state index is 14.7. The van der Waals surface area contributed by atoms with Gasteiger partial charge in [0.15, 0.2) is 0 Å². The molecule has 0 aliphatic rings. The average Bonchev–Trinajstić information content (AvgIpc) is 1.76. The first-order chi connectivity index (χ1) is 42.1. The summed E-state index contributed by atoms with van der Waals surface area (Å²) in [6, 6.07) is 57.2. The Morgan fingerprint density at radius 3 is 0.849 bits per heavy atom. The Morgan fingerprint density at radius 1 is 0.314 bits per heavy atom. The van der Waals surface area contributed by atoms with Gasteiger partial charge in [-0.25, -0.2) is 29.1 Å². The Bertz CT molecular complexity index is 4670. The van der Waals surface area contributed by atoms with Gasteiger partial charge in [0.25, 0.3) is 0 Å². The summed E-state index contributed by atoms with van der Waals surface area (Å²) >= 11 is 0. The van der Waals surface area contributed by atoms with Gasteiger partial charge in [-0.1, -0.05) is 121 Å². The molecule has 12 heterocycles. The minimum atomic E-state index is -0.604. The third-order valence-electron chi connectivity index (χ3n) is 15.1. The second-order valence-electron chi connectivity index (χ2n) is 20.3. The molecular formula is C70H56N8O8. The molecule has 16 bridgehead atoms. The number of carbonyl (C=O) groups excluding carboxylic acids is 4. The van der Waals surface area contributed by atoms with Crippen LogP contribution in [-0.4, -0.2) is 90.2 Å². The monoisotopic (exact) mass is 1140 g/mol. The number of benzene rings is 4. The second-order valence-corrected chi connectivity index (χ2v) is 20.3. The Hall–Kier alpha value is -11.3. The zero-order chi connectivity index (χ0) is 59.0. The van der Waals surface area contributed by atoms with Crippen LogP contribution in [0, 0.1) is 0 Å². The van der Waals surface area contributed by atoms with E-state index in [9.17, 15) is 19.2 Å². The summed E-state index contributed by atoms with van der Waals surface area (Å²) in [5.41, 5.74) is 14.3. The van der Waals surface area contributed by atoms with Crippen molar-refractivity contribution < 1.29 is 38.1 Å². The van der Waals surface area contributed by atoms with Crippen LogP contribution in [0.4, 0.5) is 0 Å². The fourth-order valence-electron chi connectivity index (χ4n) is 11.4. The van der Waals surface area contributed by atoms with Crippen molar-refractivity contribution in [1.29, 1.82) is 0 Å². The minimum absolute atomic E-state index is 0.0880. The van der Waals surface area contributed by atoms with E-state index in [1.807, 2.05) is 182 Å². The summed E-state index contributed by atoms with van der Waals surface area (Å²) < 4.78 is 23.5. The first kappa shape index (κ1) is 54.0. The van der Waals surface area contributed by atoms with Crippen molar-refractivity contribution in [2.24, 2.45) is 0 Å². The molecule has 0 radical (unpaired) electrons. The Kier molecular flexibility index (Phi) is 14.3. The van der Waals surface area contributed by atoms with E-state index in [0.717, 1.165) is 11.1 Å². The number of hydrogen-bond acceptors (Lipinski definition) is 10. The molecule has 424 valence electrons. The van der Waals surface area contributed by atoms with Gasteiger partial charge in [0.1, 0.15) is 0 Å². The number of ether oxygens (including phenoxy) is 4. The molecular weight excluding hydrogens is 1080 g/mol. The number of rotatable bonds is 12. The van der Waals surface area contributed by atoms with Crippen molar-refractivity contribution in [1.82, 2.24) is 39.9 Å². The molecule has 0 unspecified atom stereocenters. The van der Waals surface area contributed by atoms with Crippen LogP contribution < -0.4 is 0 Å². The molecule has 0 aliphatic carbocycles. The quantitative estimate of drug-likeness (QED) is 0.0501. The number of carbonyl (C=O) groups is 4. The number of aromatic amines is 6. The molecule has 0 saturated carbocycles. The number of esters is 4. The van der Waals surface area contributed by atoms with E-state index in [1.54, 1.807) is 27.7 Å². The zero-order valence-electron chi connectivity index (χ0n) is 47.3. The molecule has 16 nitrogen and oxygen atoms in total. The Labute approximate surface area is 490 Å². The fraction of sp³-hybridized carbons (Fsp3) is 0.114. The van der Waals surface area contributed by atoms with E-state index < -0.39 is 23.9 Å². The average molecular weight is 1140 g/mol. The number of nitrogens with zero attached hydrogens (tertiary/aromatic N) is 2. The fourth-order valence-corrected chi connectivity index (χ4v) is 11.4. The molecule has 0 atom stereocenters. The molecule has 4 aromatic carbocycles. The predicted molar refractivity (Wildman–Crippen MR) is 338 cm³/mol. The summed E-state index contributed by atoms with van der Waals surface area (Å²) in [7, 11) is 0. The molecule has 16 heteroatoms. The maximum Gasteiger partial charge on any atom is 0.341 e. The summed E-state index contributed by atoms with van der Waals surface area (Å²) in [4.78, 5) is 90.4. The third-order valence-corrected chi connectivity index (χ3v) is 15.1. The first-order valence-corrected chi connectivity index (χ1v) is 28.5. The van der Waals surface area contributed by atoms with E-state index >= 15 is 0 Å². The van der Waals surface area contributed by atoms with E-state index in [-0.39, 0.29) is 48.7 Å². The van der Waals surface area contributed by atoms with E-state index in [4.69, 9.17) is 28.9 Å². The van der Waals surface area contributed by atoms with Crippen molar-refractivity contribution >= 4 is 112 Å². The molecule has 86 heavy (non-hydrogen) atoms. The molecule has 0 fully saturated rings. The molecule has 0 aliphatic heterocycles. The van der Waals surface area contributed by atoms with Gasteiger partial charge in [0.2, 0.25) is 0 Å². The molecule has 0 spiro atoms. The van der Waals surface area contributed by atoms with Crippen molar-refractivity contribution in [2.75, 3.05) is 26.4 Å². The smallest absolute Gasteiger partial charge is 0.341 e. The SMILES string of the molecule is CCOC(=O)c1c(-c2ccccc2)c2[nH]c1c1[nH]c(c(-c3ccccc3)c1C(=O)OCC)c1ccc(ccc3cc(n3)c3[nH]c(c(C(=O)OCC)c3-c3ccccc3)c3[nH]c(c(-c4ccccc4)c3C(=O)OCC)c3ccc(ccc4cc2n4)[nH]3)[nH]1. The lowest BCUT2D eigenvalue weighted by molar-refractivity contribution is 0.0518. The Morgan fingerprint density at radius 2 is 0.570 bits per heavy atom. The van der Waals surface area contributed by atoms with Crippen LogP contribution in [-0.2, 0) is 18.9 Å². The normalized spacial score (nSPS) is 11.4. The first-order valence-electron chi connectivity index (χ1n) is 28.5. The third kappa shape index (κ3) is 9.67. The van der Waals surface area contributed by atoms with Gasteiger partial charge in [0.05, 0.1) is 126 Å². The maximum absolute atomic E-state index is 14.7. The lowest BCUT2D eigenvalue weighted by atomic mass is 9.98. The minimum Gasteiger partial charge on any atom is -0.462 e. The van der Waals surface area contributed by atoms with Crippen molar-refractivity contribution in [3.05, 3.63) is 204 Å². The van der Waals surface area contributed by atoms with Crippen LogP contribution in [0.5, 0.6) is 0 Å². The summed E-state index contributed by atoms with van der Waals surface area (Å²) in [5, 5.41) is 0. The molecule has 12 aromatic heterocycles. The van der Waals surface area contributed by atoms with Crippen LogP contribution in [0.15, 0.2) is 182 Å². The van der Waals surface area contributed by atoms with Crippen LogP contribution >= 0.6 is 0 Å². The highest BCUT2D eigenvalue weighted by Gasteiger charge is 2.31. The predicted octanol–water partition coefficient (Wildman–Crippen LogP) is 15.9. The number of aromatic nitrogens is 8. The van der Waals surface area contributed by atoms with Crippen molar-refractivity contribution in [3.8, 4) is 44.5 Å². The van der Waals surface area contributed by atoms with Crippen molar-refractivity contribution in [3.63, 3.8) is 0 Å². The van der Waals surface area contributed by atoms with E-state index in [1.165, 1.54) is 0 Å². The highest BCUT2D eigenvalue weighted by Crippen LogP contribution is 2.43. The molecule has 0 amide bonds. The van der Waals surface area contributed by atoms with E-state index in [2.05, 4.69) is 29.9 Å². The van der Waals surface area contributed by atoms with Gasteiger partial charge in [-0.2, -0.15) is 0 Å². The van der Waals surface area contributed by atoms with E-state index in [0.29, 0.717) is 122 Å². The van der Waals surface area contributed by atoms with Crippen LogP contribution in [0.3, 0.4) is 0 Å². The number of hydrogen-bond donors (Lipinski definition) is 6. The molecule has 6 N–H and O–H groups in total. The largest absolute Gasteiger partial charge is 0.462 e. The standard InChI is InChI=1S/C70H56N8O8/c1-5-83-67(79)55-51(39-21-13-9-14-22-39)59-47-35-33-43(71-47)29-31-46-38-50(74-46)62-54(42-27-19-12-20-28-42)58(70(82)86-8-4)66(78-62)64-56(68(80)84-6-2)52(40-23-15-10-16-24-40)60(76-64)48-36-34-44(72-48)30-32-45-37-49(73-45)61-53(41-25-17-11-18-26-41)57(69(81)85-7-3)65(77-61)63(55)75-59/h9-38,71-72,75-78H,5-8H2,1-4H3. The summed E-state index contributed by atoms with van der Waals surface area (Å²) in [5.74, 6) is -2.41. The molecule has 16 aromatic rings. The van der Waals surface area contributed by atoms with Gasteiger partial charge in [0, 0.05) is 33.3 Å². The van der Waals surface area contributed by atoms with Gasteiger partial charge in [-0.3, -0.25) is 0 Å². The highest BCUT2D eigenvalue weighted by molar-refractivity contribution is 6.23. The summed E-state index contributed by atoms with van der Waals surface area (Å²) in [6.45, 7) is 7.36. The van der Waals surface area contributed by atoms with Gasteiger partial charge in [-0.05, 0) is 111 Å². The van der Waals surface area contributed by atoms with Crippen molar-refractivity contribution in [2.45, 2.75) is 27.7 Å². The highest BCUT2D eigenvalue weighted by atomic mass is 16.5. The van der Waals surface area contributed by atoms with Crippen LogP contribution in [0.1, 0.15) is 69.1 Å². The van der Waals surface area contributed by atoms with Gasteiger partial charge in [-0.15, -0.1) is 0 Å². The Balaban J connectivity index is 1.18. The van der Waals surface area contributed by atoms with Gasteiger partial charge >= 0.3 is 23.9 Å². The lowest BCUT2D eigenvalue weighted by Crippen LogP contribution is -2.08. The molecule has 16 rings (SSSR count). The molecule has 0 saturated heterocycles. The van der Waals surface area contributed by atoms with Crippen LogP contribution in [0.2, 0.25) is 0 Å². The summed E-state index contributed by atoms with van der Waals surface area (Å²) in [6.07, 6.45) is 0. The second kappa shape index (κ2) is 22.8. The number of H-pyrrole nitrogens is 6. The van der Waals surface area contributed by atoms with Crippen LogP contribution in [0.25, 0.3) is 133 Å². The van der Waals surface area contributed by atoms with Gasteiger partial charge < -0.3 is 48.9 Å². The topological polar surface area (TPSA) is 226 Å². The lowest BCUT2D eigenvalue weighted by Gasteiger charge is -2.08.